The van der Waals surface area contributed by atoms with Crippen LogP contribution in [0, 0.1) is 0 Å². The molecular weight excluding hydrogens is 436 g/mol. The second-order valence-corrected chi connectivity index (χ2v) is 8.74. The number of nitrogens with zero attached hydrogens (tertiary/aromatic N) is 4. The van der Waals surface area contributed by atoms with Crippen molar-refractivity contribution in [1.82, 2.24) is 19.4 Å². The highest BCUT2D eigenvalue weighted by molar-refractivity contribution is 9.10. The Hall–Kier alpha value is -1.93. The first-order chi connectivity index (χ1) is 13.8. The summed E-state index contributed by atoms with van der Waals surface area (Å²) in [7, 11) is 0. The van der Waals surface area contributed by atoms with Crippen molar-refractivity contribution in [2.24, 2.45) is 0 Å². The van der Waals surface area contributed by atoms with E-state index in [9.17, 15) is 14.7 Å². The quantitative estimate of drug-likeness (QED) is 0.720. The van der Waals surface area contributed by atoms with E-state index in [-0.39, 0.29) is 23.7 Å². The van der Waals surface area contributed by atoms with Crippen molar-refractivity contribution in [2.45, 2.75) is 65.2 Å². The monoisotopic (exact) mass is 464 g/mol. The Kier molecular flexibility index (Phi) is 6.63. The maximum atomic E-state index is 13.2. The van der Waals surface area contributed by atoms with Crippen molar-refractivity contribution in [3.05, 3.63) is 38.9 Å². The fourth-order valence-electron chi connectivity index (χ4n) is 4.51. The first kappa shape index (κ1) is 21.8. The summed E-state index contributed by atoms with van der Waals surface area (Å²) in [5.41, 5.74) is 0.671. The number of carboxylic acid groups (broad SMARTS) is 1. The summed E-state index contributed by atoms with van der Waals surface area (Å²) >= 11 is 3.44. The standard InChI is InChI=1S/C21H29BrN4O3/c1-5-7-18(24-11-13(3)26(21(28)29)14(4)12-24)19-23-17-9-8-15(22)10-16(17)20(27)25(19)6-2/h8-10,13-14,18H,5-7,11-12H2,1-4H3,(H,28,29)/t13?,14?,18-/m1/s1. The molecule has 8 heteroatoms. The third-order valence-corrected chi connectivity index (χ3v) is 6.22. The summed E-state index contributed by atoms with van der Waals surface area (Å²) in [6.45, 7) is 9.77. The van der Waals surface area contributed by atoms with E-state index < -0.39 is 6.09 Å². The number of halogens is 1. The molecule has 0 aliphatic carbocycles. The van der Waals surface area contributed by atoms with Crippen LogP contribution < -0.4 is 5.56 Å². The fourth-order valence-corrected chi connectivity index (χ4v) is 4.87. The summed E-state index contributed by atoms with van der Waals surface area (Å²) in [4.78, 5) is 33.5. The molecule has 0 spiro atoms. The second kappa shape index (κ2) is 8.83. The lowest BCUT2D eigenvalue weighted by Gasteiger charge is -2.45. The lowest BCUT2D eigenvalue weighted by molar-refractivity contribution is 0.0171. The first-order valence-corrected chi connectivity index (χ1v) is 11.0. The van der Waals surface area contributed by atoms with Crippen LogP contribution in [-0.4, -0.2) is 55.7 Å². The summed E-state index contributed by atoms with van der Waals surface area (Å²) in [6, 6.07) is 5.34. The summed E-state index contributed by atoms with van der Waals surface area (Å²) in [5, 5.41) is 10.1. The number of amides is 1. The van der Waals surface area contributed by atoms with Crippen molar-refractivity contribution in [3.8, 4) is 0 Å². The number of hydrogen-bond donors (Lipinski definition) is 1. The number of carbonyl (C=O) groups is 1. The molecule has 1 saturated heterocycles. The third-order valence-electron chi connectivity index (χ3n) is 5.73. The summed E-state index contributed by atoms with van der Waals surface area (Å²) in [5.74, 6) is 0.775. The van der Waals surface area contributed by atoms with Gasteiger partial charge in [-0.25, -0.2) is 9.78 Å². The molecule has 1 N–H and O–H groups in total. The SMILES string of the molecule is CCC[C@H](c1nc2ccc(Br)cc2c(=O)n1CC)N1CC(C)N(C(=O)O)C(C)C1. The van der Waals surface area contributed by atoms with Gasteiger partial charge in [0.15, 0.2) is 0 Å². The molecule has 7 nitrogen and oxygen atoms in total. The highest BCUT2D eigenvalue weighted by Crippen LogP contribution is 2.30. The van der Waals surface area contributed by atoms with Gasteiger partial charge in [0.2, 0.25) is 0 Å². The Morgan fingerprint density at radius 3 is 2.48 bits per heavy atom. The zero-order valence-electron chi connectivity index (χ0n) is 17.4. The molecule has 158 valence electrons. The molecular formula is C21H29BrN4O3. The molecule has 0 bridgehead atoms. The second-order valence-electron chi connectivity index (χ2n) is 7.83. The molecule has 29 heavy (non-hydrogen) atoms. The number of piperazine rings is 1. The van der Waals surface area contributed by atoms with Gasteiger partial charge in [0.05, 0.1) is 16.9 Å². The number of rotatable bonds is 5. The maximum absolute atomic E-state index is 13.2. The molecule has 1 aromatic heterocycles. The zero-order chi connectivity index (χ0) is 21.3. The Balaban J connectivity index is 2.08. The molecule has 2 heterocycles. The molecule has 0 saturated carbocycles. The first-order valence-electron chi connectivity index (χ1n) is 10.2. The normalized spacial score (nSPS) is 21.5. The molecule has 3 atom stereocenters. The van der Waals surface area contributed by atoms with Crippen molar-refractivity contribution in [3.63, 3.8) is 0 Å². The van der Waals surface area contributed by atoms with Crippen LogP contribution in [0.2, 0.25) is 0 Å². The van der Waals surface area contributed by atoms with E-state index in [4.69, 9.17) is 4.98 Å². The number of fused-ring (bicyclic) bond motifs is 1. The van der Waals surface area contributed by atoms with Crippen molar-refractivity contribution in [1.29, 1.82) is 0 Å². The van der Waals surface area contributed by atoms with Gasteiger partial charge in [-0.3, -0.25) is 14.3 Å². The largest absolute Gasteiger partial charge is 0.465 e. The van der Waals surface area contributed by atoms with Gasteiger partial charge in [0.25, 0.3) is 5.56 Å². The van der Waals surface area contributed by atoms with Gasteiger partial charge >= 0.3 is 6.09 Å². The van der Waals surface area contributed by atoms with E-state index in [1.54, 1.807) is 4.57 Å². The number of hydrogen-bond acceptors (Lipinski definition) is 4. The average Bonchev–Trinajstić information content (AvgIpc) is 2.65. The molecule has 2 aromatic rings. The number of benzene rings is 1. The summed E-state index contributed by atoms with van der Waals surface area (Å²) in [6.07, 6.45) is 0.933. The van der Waals surface area contributed by atoms with Crippen LogP contribution in [0.3, 0.4) is 0 Å². The third kappa shape index (κ3) is 4.19. The highest BCUT2D eigenvalue weighted by atomic mass is 79.9. The van der Waals surface area contributed by atoms with E-state index >= 15 is 0 Å². The molecule has 1 fully saturated rings. The summed E-state index contributed by atoms with van der Waals surface area (Å²) < 4.78 is 2.63. The van der Waals surface area contributed by atoms with Gasteiger partial charge in [-0.15, -0.1) is 0 Å². The number of aromatic nitrogens is 2. The van der Waals surface area contributed by atoms with Crippen LogP contribution in [-0.2, 0) is 6.54 Å². The van der Waals surface area contributed by atoms with E-state index in [1.807, 2.05) is 39.0 Å². The molecule has 3 rings (SSSR count). The highest BCUT2D eigenvalue weighted by Gasteiger charge is 2.37. The van der Waals surface area contributed by atoms with Crippen LogP contribution in [0.4, 0.5) is 4.79 Å². The van der Waals surface area contributed by atoms with Gasteiger partial charge in [0.1, 0.15) is 5.82 Å². The fraction of sp³-hybridized carbons (Fsp3) is 0.571. The van der Waals surface area contributed by atoms with Crippen LogP contribution in [0.1, 0.15) is 52.4 Å². The lowest BCUT2D eigenvalue weighted by atomic mass is 10.0. The zero-order valence-corrected chi connectivity index (χ0v) is 19.0. The molecule has 2 unspecified atom stereocenters. The van der Waals surface area contributed by atoms with Gasteiger partial charge in [-0.2, -0.15) is 0 Å². The Morgan fingerprint density at radius 2 is 1.93 bits per heavy atom. The minimum atomic E-state index is -0.878. The van der Waals surface area contributed by atoms with E-state index in [0.717, 1.165) is 23.1 Å². The average molecular weight is 465 g/mol. The van der Waals surface area contributed by atoms with E-state index in [0.29, 0.717) is 30.5 Å². The van der Waals surface area contributed by atoms with Gasteiger partial charge in [-0.05, 0) is 45.4 Å². The van der Waals surface area contributed by atoms with Crippen molar-refractivity contribution < 1.29 is 9.90 Å². The maximum Gasteiger partial charge on any atom is 0.407 e. The van der Waals surface area contributed by atoms with Crippen LogP contribution in [0.5, 0.6) is 0 Å². The molecule has 1 aliphatic rings. The van der Waals surface area contributed by atoms with E-state index in [1.165, 1.54) is 4.90 Å². The lowest BCUT2D eigenvalue weighted by Crippen LogP contribution is -2.59. The topological polar surface area (TPSA) is 78.7 Å². The molecule has 1 amide bonds. The molecule has 1 aliphatic heterocycles. The van der Waals surface area contributed by atoms with Gasteiger partial charge in [-0.1, -0.05) is 29.3 Å². The van der Waals surface area contributed by atoms with Crippen LogP contribution in [0.25, 0.3) is 10.9 Å². The Morgan fingerprint density at radius 1 is 1.28 bits per heavy atom. The van der Waals surface area contributed by atoms with E-state index in [2.05, 4.69) is 27.8 Å². The predicted octanol–water partition coefficient (Wildman–Crippen LogP) is 4.09. The van der Waals surface area contributed by atoms with Crippen molar-refractivity contribution >= 4 is 32.9 Å². The Bertz CT molecular complexity index is 949. The predicted molar refractivity (Wildman–Crippen MR) is 117 cm³/mol. The molecule has 0 radical (unpaired) electrons. The van der Waals surface area contributed by atoms with Gasteiger partial charge in [0, 0.05) is 36.2 Å². The smallest absolute Gasteiger partial charge is 0.407 e. The van der Waals surface area contributed by atoms with Gasteiger partial charge < -0.3 is 10.0 Å². The Labute approximate surface area is 179 Å². The van der Waals surface area contributed by atoms with Crippen molar-refractivity contribution in [2.75, 3.05) is 13.1 Å². The minimum Gasteiger partial charge on any atom is -0.465 e. The van der Waals surface area contributed by atoms with Crippen LogP contribution >= 0.6 is 15.9 Å². The minimum absolute atomic E-state index is 0.0264. The van der Waals surface area contributed by atoms with Crippen LogP contribution in [0.15, 0.2) is 27.5 Å². The molecule has 1 aromatic carbocycles.